The number of piperazine rings is 1. The number of rotatable bonds is 5. The normalized spacial score (nSPS) is 17.1. The topological polar surface area (TPSA) is 49.3 Å². The minimum absolute atomic E-state index is 0.197. The molecule has 6 heteroatoms. The fourth-order valence-electron chi connectivity index (χ4n) is 3.82. The number of aromatic nitrogens is 2. The van der Waals surface area contributed by atoms with Gasteiger partial charge in [0, 0.05) is 56.2 Å². The smallest absolute Gasteiger partial charge is 0.222 e. The standard InChI is InChI=1S/C22H27FN4O/c1-3-20(28)26-10-12-27(13-11-26)22-18(14-17-6-4-5-7-19(17)23)15(2)24-21(25-22)16-8-9-16/h4-7,16H,3,8-14H2,1-2H3. The molecule has 2 aromatic rings. The Morgan fingerprint density at radius 2 is 1.86 bits per heavy atom. The Morgan fingerprint density at radius 3 is 2.50 bits per heavy atom. The van der Waals surface area contributed by atoms with E-state index in [1.54, 1.807) is 6.07 Å². The lowest BCUT2D eigenvalue weighted by atomic mass is 10.0. The van der Waals surface area contributed by atoms with Gasteiger partial charge in [-0.25, -0.2) is 14.4 Å². The van der Waals surface area contributed by atoms with Gasteiger partial charge < -0.3 is 9.80 Å². The zero-order chi connectivity index (χ0) is 19.7. The van der Waals surface area contributed by atoms with Gasteiger partial charge in [-0.1, -0.05) is 25.1 Å². The minimum Gasteiger partial charge on any atom is -0.353 e. The van der Waals surface area contributed by atoms with Crippen LogP contribution in [0.15, 0.2) is 24.3 Å². The lowest BCUT2D eigenvalue weighted by Gasteiger charge is -2.36. The molecule has 1 aliphatic heterocycles. The first-order valence-electron chi connectivity index (χ1n) is 10.2. The first-order chi connectivity index (χ1) is 13.6. The van der Waals surface area contributed by atoms with Crippen molar-refractivity contribution >= 4 is 11.7 Å². The molecular weight excluding hydrogens is 355 g/mol. The van der Waals surface area contributed by atoms with E-state index in [4.69, 9.17) is 9.97 Å². The highest BCUT2D eigenvalue weighted by Gasteiger charge is 2.30. The Labute approximate surface area is 165 Å². The van der Waals surface area contributed by atoms with Crippen LogP contribution in [0.5, 0.6) is 0 Å². The summed E-state index contributed by atoms with van der Waals surface area (Å²) in [6, 6.07) is 6.90. The molecule has 1 aliphatic carbocycles. The van der Waals surface area contributed by atoms with E-state index in [1.165, 1.54) is 6.07 Å². The molecule has 0 bridgehead atoms. The maximum Gasteiger partial charge on any atom is 0.222 e. The highest BCUT2D eigenvalue weighted by Crippen LogP contribution is 2.39. The molecule has 2 heterocycles. The molecule has 1 aromatic heterocycles. The van der Waals surface area contributed by atoms with Crippen LogP contribution < -0.4 is 4.90 Å². The van der Waals surface area contributed by atoms with Crippen LogP contribution >= 0.6 is 0 Å². The first-order valence-corrected chi connectivity index (χ1v) is 10.2. The van der Waals surface area contributed by atoms with Gasteiger partial charge in [-0.05, 0) is 31.4 Å². The number of halogens is 1. The van der Waals surface area contributed by atoms with E-state index < -0.39 is 0 Å². The SMILES string of the molecule is CCC(=O)N1CCN(c2nc(C3CC3)nc(C)c2Cc2ccccc2F)CC1. The fourth-order valence-corrected chi connectivity index (χ4v) is 3.82. The minimum atomic E-state index is -0.197. The van der Waals surface area contributed by atoms with Gasteiger partial charge in [-0.15, -0.1) is 0 Å². The van der Waals surface area contributed by atoms with Gasteiger partial charge in [-0.2, -0.15) is 0 Å². The van der Waals surface area contributed by atoms with Crippen molar-refractivity contribution in [3.63, 3.8) is 0 Å². The predicted octanol–water partition coefficient (Wildman–Crippen LogP) is 3.45. The third-order valence-electron chi connectivity index (χ3n) is 5.71. The fraction of sp³-hybridized carbons (Fsp3) is 0.500. The first kappa shape index (κ1) is 18.8. The summed E-state index contributed by atoms with van der Waals surface area (Å²) < 4.78 is 14.3. The molecule has 0 N–H and O–H groups in total. The zero-order valence-electron chi connectivity index (χ0n) is 16.6. The third kappa shape index (κ3) is 3.86. The quantitative estimate of drug-likeness (QED) is 0.795. The number of amides is 1. The predicted molar refractivity (Wildman–Crippen MR) is 107 cm³/mol. The molecule has 28 heavy (non-hydrogen) atoms. The summed E-state index contributed by atoms with van der Waals surface area (Å²) in [7, 11) is 0. The molecule has 1 saturated heterocycles. The summed E-state index contributed by atoms with van der Waals surface area (Å²) in [5.41, 5.74) is 2.58. The number of nitrogens with zero attached hydrogens (tertiary/aromatic N) is 4. The molecular formula is C22H27FN4O. The van der Waals surface area contributed by atoms with Crippen molar-refractivity contribution in [3.8, 4) is 0 Å². The Bertz CT molecular complexity index is 873. The molecule has 5 nitrogen and oxygen atoms in total. The third-order valence-corrected chi connectivity index (χ3v) is 5.71. The van der Waals surface area contributed by atoms with E-state index in [0.717, 1.165) is 48.8 Å². The van der Waals surface area contributed by atoms with Crippen molar-refractivity contribution < 1.29 is 9.18 Å². The lowest BCUT2D eigenvalue weighted by molar-refractivity contribution is -0.131. The lowest BCUT2D eigenvalue weighted by Crippen LogP contribution is -2.49. The summed E-state index contributed by atoms with van der Waals surface area (Å²) in [5, 5.41) is 0. The number of anilines is 1. The van der Waals surface area contributed by atoms with Crippen LogP contribution in [-0.4, -0.2) is 47.0 Å². The molecule has 0 atom stereocenters. The van der Waals surface area contributed by atoms with Gasteiger partial charge in [-0.3, -0.25) is 4.79 Å². The average molecular weight is 382 g/mol. The van der Waals surface area contributed by atoms with Gasteiger partial charge >= 0.3 is 0 Å². The molecule has 2 fully saturated rings. The number of hydrogen-bond acceptors (Lipinski definition) is 4. The number of carbonyl (C=O) groups excluding carboxylic acids is 1. The number of carbonyl (C=O) groups is 1. The summed E-state index contributed by atoms with van der Waals surface area (Å²) in [6.45, 7) is 6.80. The van der Waals surface area contributed by atoms with E-state index >= 15 is 0 Å². The van der Waals surface area contributed by atoms with Crippen LogP contribution in [0.2, 0.25) is 0 Å². The van der Waals surface area contributed by atoms with Crippen molar-refractivity contribution in [1.82, 2.24) is 14.9 Å². The van der Waals surface area contributed by atoms with Crippen LogP contribution in [0.4, 0.5) is 10.2 Å². The van der Waals surface area contributed by atoms with Crippen molar-refractivity contribution in [2.24, 2.45) is 0 Å². The highest BCUT2D eigenvalue weighted by atomic mass is 19.1. The molecule has 1 aromatic carbocycles. The second kappa shape index (κ2) is 7.86. The second-order valence-electron chi connectivity index (χ2n) is 7.73. The Balaban J connectivity index is 1.64. The van der Waals surface area contributed by atoms with Crippen molar-refractivity contribution in [3.05, 3.63) is 52.7 Å². The van der Waals surface area contributed by atoms with Gasteiger partial charge in [0.15, 0.2) is 0 Å². The maximum atomic E-state index is 14.3. The van der Waals surface area contributed by atoms with E-state index in [2.05, 4.69) is 4.90 Å². The largest absolute Gasteiger partial charge is 0.353 e. The van der Waals surface area contributed by atoms with E-state index in [9.17, 15) is 9.18 Å². The summed E-state index contributed by atoms with van der Waals surface area (Å²) in [5.74, 6) is 2.29. The number of benzene rings is 1. The molecule has 2 aliphatic rings. The molecule has 0 radical (unpaired) electrons. The Hall–Kier alpha value is -2.50. The molecule has 1 amide bonds. The maximum absolute atomic E-state index is 14.3. The monoisotopic (exact) mass is 382 g/mol. The van der Waals surface area contributed by atoms with Crippen molar-refractivity contribution in [2.45, 2.75) is 45.4 Å². The molecule has 148 valence electrons. The van der Waals surface area contributed by atoms with Gasteiger partial charge in [0.05, 0.1) is 0 Å². The Morgan fingerprint density at radius 1 is 1.14 bits per heavy atom. The van der Waals surface area contributed by atoms with Crippen LogP contribution in [0, 0.1) is 12.7 Å². The highest BCUT2D eigenvalue weighted by molar-refractivity contribution is 5.76. The molecule has 0 unspecified atom stereocenters. The van der Waals surface area contributed by atoms with E-state index in [0.29, 0.717) is 37.4 Å². The van der Waals surface area contributed by atoms with Crippen LogP contribution in [0.3, 0.4) is 0 Å². The van der Waals surface area contributed by atoms with Crippen LogP contribution in [0.1, 0.15) is 54.7 Å². The zero-order valence-corrected chi connectivity index (χ0v) is 16.6. The van der Waals surface area contributed by atoms with Gasteiger partial charge in [0.2, 0.25) is 5.91 Å². The van der Waals surface area contributed by atoms with Crippen molar-refractivity contribution in [2.75, 3.05) is 31.1 Å². The van der Waals surface area contributed by atoms with Crippen molar-refractivity contribution in [1.29, 1.82) is 0 Å². The van der Waals surface area contributed by atoms with E-state index in [-0.39, 0.29) is 11.7 Å². The molecule has 4 rings (SSSR count). The summed E-state index contributed by atoms with van der Waals surface area (Å²) in [6.07, 6.45) is 3.30. The van der Waals surface area contributed by atoms with Gasteiger partial charge in [0.25, 0.3) is 0 Å². The number of aryl methyl sites for hydroxylation is 1. The average Bonchev–Trinajstić information content (AvgIpc) is 3.56. The van der Waals surface area contributed by atoms with E-state index in [1.807, 2.05) is 30.9 Å². The Kier molecular flexibility index (Phi) is 5.29. The molecule has 0 spiro atoms. The summed E-state index contributed by atoms with van der Waals surface area (Å²) >= 11 is 0. The van der Waals surface area contributed by atoms with Crippen LogP contribution in [-0.2, 0) is 11.2 Å². The van der Waals surface area contributed by atoms with Crippen LogP contribution in [0.25, 0.3) is 0 Å². The number of hydrogen-bond donors (Lipinski definition) is 0. The summed E-state index contributed by atoms with van der Waals surface area (Å²) in [4.78, 5) is 25.8. The molecule has 1 saturated carbocycles. The second-order valence-corrected chi connectivity index (χ2v) is 7.73. The van der Waals surface area contributed by atoms with Gasteiger partial charge in [0.1, 0.15) is 17.5 Å².